The third kappa shape index (κ3) is 4.42. The maximum atomic E-state index is 11.8. The molecule has 1 atom stereocenters. The van der Waals surface area contributed by atoms with Gasteiger partial charge in [-0.05, 0) is 12.1 Å². The van der Waals surface area contributed by atoms with E-state index in [1.165, 1.54) is 4.90 Å². The predicted octanol–water partition coefficient (Wildman–Crippen LogP) is 0.274. The van der Waals surface area contributed by atoms with Gasteiger partial charge in [-0.1, -0.05) is 18.2 Å². The summed E-state index contributed by atoms with van der Waals surface area (Å²) in [5.74, 6) is -0.910. The molecule has 0 aliphatic heterocycles. The SMILES string of the molecule is CN(C(=O)C(N)CC(N)=O)c1ccccc1.Cl. The smallest absolute Gasteiger partial charge is 0.244 e. The molecule has 0 radical (unpaired) electrons. The number of nitrogens with two attached hydrogens (primary N) is 2. The van der Waals surface area contributed by atoms with Crippen molar-refractivity contribution in [3.05, 3.63) is 30.3 Å². The van der Waals surface area contributed by atoms with Crippen LogP contribution >= 0.6 is 12.4 Å². The first-order valence-electron chi connectivity index (χ1n) is 4.89. The van der Waals surface area contributed by atoms with Gasteiger partial charge in [-0.3, -0.25) is 9.59 Å². The van der Waals surface area contributed by atoms with Gasteiger partial charge in [-0.2, -0.15) is 0 Å². The standard InChI is InChI=1S/C11H15N3O2.ClH/c1-14(8-5-3-2-4-6-8)11(16)9(12)7-10(13)15;/h2-6,9H,7,12H2,1H3,(H2,13,15);1H. The van der Waals surface area contributed by atoms with Crippen LogP contribution in [0.4, 0.5) is 5.69 Å². The third-order valence-electron chi connectivity index (χ3n) is 2.21. The number of hydrogen-bond acceptors (Lipinski definition) is 3. The largest absolute Gasteiger partial charge is 0.370 e. The molecule has 17 heavy (non-hydrogen) atoms. The van der Waals surface area contributed by atoms with E-state index in [2.05, 4.69) is 0 Å². The summed E-state index contributed by atoms with van der Waals surface area (Å²) >= 11 is 0. The third-order valence-corrected chi connectivity index (χ3v) is 2.21. The second-order valence-electron chi connectivity index (χ2n) is 3.51. The van der Waals surface area contributed by atoms with E-state index in [1.54, 1.807) is 19.2 Å². The molecule has 0 fully saturated rings. The van der Waals surface area contributed by atoms with Crippen LogP contribution in [0.3, 0.4) is 0 Å². The molecular formula is C11H16ClN3O2. The molecule has 94 valence electrons. The summed E-state index contributed by atoms with van der Waals surface area (Å²) in [6.45, 7) is 0. The lowest BCUT2D eigenvalue weighted by Gasteiger charge is -2.20. The van der Waals surface area contributed by atoms with E-state index >= 15 is 0 Å². The minimum absolute atomic E-state index is 0. The molecule has 6 heteroatoms. The van der Waals surface area contributed by atoms with Gasteiger partial charge in [0.2, 0.25) is 11.8 Å². The fourth-order valence-electron chi connectivity index (χ4n) is 1.33. The Kier molecular flexibility index (Phi) is 6.23. The summed E-state index contributed by atoms with van der Waals surface area (Å²) < 4.78 is 0. The van der Waals surface area contributed by atoms with Crippen molar-refractivity contribution >= 4 is 29.9 Å². The molecule has 4 N–H and O–H groups in total. The zero-order valence-corrected chi connectivity index (χ0v) is 10.3. The van der Waals surface area contributed by atoms with E-state index in [-0.39, 0.29) is 24.7 Å². The first kappa shape index (κ1) is 15.4. The zero-order chi connectivity index (χ0) is 12.1. The number of rotatable bonds is 4. The number of halogens is 1. The number of amides is 2. The number of primary amides is 1. The average Bonchev–Trinajstić information content (AvgIpc) is 2.27. The highest BCUT2D eigenvalue weighted by molar-refractivity contribution is 5.98. The minimum Gasteiger partial charge on any atom is -0.370 e. The van der Waals surface area contributed by atoms with E-state index in [4.69, 9.17) is 11.5 Å². The van der Waals surface area contributed by atoms with Crippen molar-refractivity contribution in [3.8, 4) is 0 Å². The van der Waals surface area contributed by atoms with E-state index in [0.717, 1.165) is 5.69 Å². The molecule has 5 nitrogen and oxygen atoms in total. The highest BCUT2D eigenvalue weighted by atomic mass is 35.5. The number of anilines is 1. The van der Waals surface area contributed by atoms with Gasteiger partial charge in [-0.25, -0.2) is 0 Å². The Morgan fingerprint density at radius 2 is 1.82 bits per heavy atom. The quantitative estimate of drug-likeness (QED) is 0.812. The van der Waals surface area contributed by atoms with Crippen molar-refractivity contribution in [2.75, 3.05) is 11.9 Å². The number of benzene rings is 1. The normalized spacial score (nSPS) is 11.2. The summed E-state index contributed by atoms with van der Waals surface area (Å²) in [7, 11) is 1.61. The molecule has 0 aliphatic rings. The van der Waals surface area contributed by atoms with Crippen molar-refractivity contribution in [3.63, 3.8) is 0 Å². The van der Waals surface area contributed by atoms with Gasteiger partial charge in [0.1, 0.15) is 0 Å². The molecule has 0 aliphatic carbocycles. The average molecular weight is 258 g/mol. The summed E-state index contributed by atoms with van der Waals surface area (Å²) in [5, 5.41) is 0. The van der Waals surface area contributed by atoms with Gasteiger partial charge in [0.25, 0.3) is 0 Å². The lowest BCUT2D eigenvalue weighted by atomic mass is 10.2. The van der Waals surface area contributed by atoms with Crippen molar-refractivity contribution in [1.82, 2.24) is 0 Å². The van der Waals surface area contributed by atoms with Crippen molar-refractivity contribution < 1.29 is 9.59 Å². The van der Waals surface area contributed by atoms with Crippen molar-refractivity contribution in [2.24, 2.45) is 11.5 Å². The van der Waals surface area contributed by atoms with Crippen LogP contribution in [-0.4, -0.2) is 24.9 Å². The number of hydrogen-bond donors (Lipinski definition) is 2. The summed E-state index contributed by atoms with van der Waals surface area (Å²) in [4.78, 5) is 23.8. The molecule has 0 bridgehead atoms. The van der Waals surface area contributed by atoms with Crippen molar-refractivity contribution in [1.29, 1.82) is 0 Å². The fraction of sp³-hybridized carbons (Fsp3) is 0.273. The highest BCUT2D eigenvalue weighted by Gasteiger charge is 2.20. The van der Waals surface area contributed by atoms with Gasteiger partial charge in [0.15, 0.2) is 0 Å². The van der Waals surface area contributed by atoms with Gasteiger partial charge in [0.05, 0.1) is 12.5 Å². The lowest BCUT2D eigenvalue weighted by molar-refractivity contribution is -0.124. The number of likely N-dealkylation sites (N-methyl/N-ethyl adjacent to an activating group) is 1. The summed E-state index contributed by atoms with van der Waals surface area (Å²) in [5.41, 5.74) is 11.3. The van der Waals surface area contributed by atoms with E-state index in [9.17, 15) is 9.59 Å². The Morgan fingerprint density at radius 3 is 2.29 bits per heavy atom. The maximum Gasteiger partial charge on any atom is 0.244 e. The fourth-order valence-corrected chi connectivity index (χ4v) is 1.33. The van der Waals surface area contributed by atoms with Crippen LogP contribution in [0.2, 0.25) is 0 Å². The van der Waals surface area contributed by atoms with Gasteiger partial charge < -0.3 is 16.4 Å². The van der Waals surface area contributed by atoms with Gasteiger partial charge in [-0.15, -0.1) is 12.4 Å². The van der Waals surface area contributed by atoms with Crippen LogP contribution in [0.15, 0.2) is 30.3 Å². The lowest BCUT2D eigenvalue weighted by Crippen LogP contribution is -2.44. The maximum absolute atomic E-state index is 11.8. The van der Waals surface area contributed by atoms with Gasteiger partial charge >= 0.3 is 0 Å². The molecule has 0 heterocycles. The number of carbonyl (C=O) groups excluding carboxylic acids is 2. The predicted molar refractivity (Wildman–Crippen MR) is 68.9 cm³/mol. The molecule has 1 unspecified atom stereocenters. The van der Waals surface area contributed by atoms with Crippen LogP contribution in [0.25, 0.3) is 0 Å². The zero-order valence-electron chi connectivity index (χ0n) is 9.50. The Balaban J connectivity index is 0.00000256. The van der Waals surface area contributed by atoms with Gasteiger partial charge in [0, 0.05) is 12.7 Å². The summed E-state index contributed by atoms with van der Waals surface area (Å²) in [6.07, 6.45) is -0.143. The molecule has 0 spiro atoms. The first-order chi connectivity index (χ1) is 7.52. The molecule has 0 aromatic heterocycles. The molecular weight excluding hydrogens is 242 g/mol. The van der Waals surface area contributed by atoms with E-state index in [0.29, 0.717) is 0 Å². The first-order valence-corrected chi connectivity index (χ1v) is 4.89. The number of para-hydroxylation sites is 1. The van der Waals surface area contributed by atoms with Crippen molar-refractivity contribution in [2.45, 2.75) is 12.5 Å². The van der Waals surface area contributed by atoms with Crippen LogP contribution in [-0.2, 0) is 9.59 Å². The Bertz CT molecular complexity index is 384. The molecule has 1 aromatic carbocycles. The second kappa shape index (κ2) is 6.88. The van der Waals surface area contributed by atoms with Crippen LogP contribution in [0.1, 0.15) is 6.42 Å². The molecule has 1 rings (SSSR count). The summed E-state index contributed by atoms with van der Waals surface area (Å²) in [6, 6.07) is 8.18. The molecule has 0 saturated carbocycles. The van der Waals surface area contributed by atoms with E-state index < -0.39 is 11.9 Å². The minimum atomic E-state index is -0.886. The van der Waals surface area contributed by atoms with E-state index in [1.807, 2.05) is 18.2 Å². The topological polar surface area (TPSA) is 89.4 Å². The Labute approximate surface area is 106 Å². The Morgan fingerprint density at radius 1 is 1.29 bits per heavy atom. The highest BCUT2D eigenvalue weighted by Crippen LogP contribution is 2.12. The molecule has 1 aromatic rings. The molecule has 2 amide bonds. The van der Waals surface area contributed by atoms with Crippen LogP contribution in [0, 0.1) is 0 Å². The molecule has 0 saturated heterocycles. The Hall–Kier alpha value is -1.59. The number of nitrogens with zero attached hydrogens (tertiary/aromatic N) is 1. The second-order valence-corrected chi connectivity index (χ2v) is 3.51. The number of carbonyl (C=O) groups is 2. The van der Waals surface area contributed by atoms with Crippen LogP contribution < -0.4 is 16.4 Å². The monoisotopic (exact) mass is 257 g/mol. The van der Waals surface area contributed by atoms with Crippen LogP contribution in [0.5, 0.6) is 0 Å².